The highest BCUT2D eigenvalue weighted by Crippen LogP contribution is 2.20. The van der Waals surface area contributed by atoms with Gasteiger partial charge in [0.05, 0.1) is 17.0 Å². The number of anilines is 1. The van der Waals surface area contributed by atoms with E-state index in [2.05, 4.69) is 20.8 Å². The van der Waals surface area contributed by atoms with Gasteiger partial charge in [-0.1, -0.05) is 29.3 Å². The zero-order valence-electron chi connectivity index (χ0n) is 12.7. The molecular weight excluding hydrogens is 351 g/mol. The average molecular weight is 365 g/mol. The van der Waals surface area contributed by atoms with Crippen LogP contribution in [0.5, 0.6) is 0 Å². The minimum atomic E-state index is -0.485. The van der Waals surface area contributed by atoms with E-state index in [4.69, 9.17) is 23.2 Å². The minimum absolute atomic E-state index is 0.0191. The van der Waals surface area contributed by atoms with Crippen molar-refractivity contribution in [3.05, 3.63) is 58.2 Å². The highest BCUT2D eigenvalue weighted by atomic mass is 35.5. The van der Waals surface area contributed by atoms with Crippen LogP contribution in [-0.4, -0.2) is 22.5 Å². The molecule has 24 heavy (non-hydrogen) atoms. The van der Waals surface area contributed by atoms with Crippen molar-refractivity contribution in [2.75, 3.05) is 5.32 Å². The molecule has 2 rings (SSSR count). The molecule has 2 amide bonds. The van der Waals surface area contributed by atoms with Crippen LogP contribution in [0.3, 0.4) is 0 Å². The number of rotatable bonds is 5. The third kappa shape index (κ3) is 5.33. The van der Waals surface area contributed by atoms with Gasteiger partial charge < -0.3 is 5.32 Å². The predicted octanol–water partition coefficient (Wildman–Crippen LogP) is 3.52. The van der Waals surface area contributed by atoms with Gasteiger partial charge in [-0.2, -0.15) is 5.10 Å². The molecule has 0 unspecified atom stereocenters. The zero-order chi connectivity index (χ0) is 17.5. The lowest BCUT2D eigenvalue weighted by Crippen LogP contribution is -2.22. The Labute approximate surface area is 148 Å². The van der Waals surface area contributed by atoms with Crippen LogP contribution in [0.15, 0.2) is 47.7 Å². The molecule has 0 radical (unpaired) electrons. The number of benzene rings is 1. The Morgan fingerprint density at radius 3 is 2.67 bits per heavy atom. The van der Waals surface area contributed by atoms with E-state index in [0.29, 0.717) is 16.6 Å². The lowest BCUT2D eigenvalue weighted by molar-refractivity contribution is -0.115. The molecule has 0 aliphatic rings. The molecule has 1 heterocycles. The van der Waals surface area contributed by atoms with Gasteiger partial charge in [-0.3, -0.25) is 9.59 Å². The van der Waals surface area contributed by atoms with Gasteiger partial charge in [0.2, 0.25) is 5.91 Å². The maximum atomic E-state index is 12.0. The number of hydrazone groups is 1. The Hall–Kier alpha value is -2.44. The van der Waals surface area contributed by atoms with Gasteiger partial charge in [-0.15, -0.1) is 0 Å². The summed E-state index contributed by atoms with van der Waals surface area (Å²) in [7, 11) is 0. The van der Waals surface area contributed by atoms with Gasteiger partial charge in [0.1, 0.15) is 5.82 Å². The topological polar surface area (TPSA) is 83.4 Å². The quantitative estimate of drug-likeness (QED) is 0.628. The summed E-state index contributed by atoms with van der Waals surface area (Å²) in [6.45, 7) is 1.63. The van der Waals surface area contributed by atoms with E-state index in [-0.39, 0.29) is 22.9 Å². The molecule has 1 aromatic carbocycles. The Morgan fingerprint density at radius 1 is 1.21 bits per heavy atom. The highest BCUT2D eigenvalue weighted by molar-refractivity contribution is 6.36. The molecule has 0 bridgehead atoms. The van der Waals surface area contributed by atoms with Gasteiger partial charge in [0.15, 0.2) is 0 Å². The molecule has 0 aliphatic heterocycles. The summed E-state index contributed by atoms with van der Waals surface area (Å²) in [5.74, 6) is -0.317. The fourth-order valence-corrected chi connectivity index (χ4v) is 2.27. The van der Waals surface area contributed by atoms with E-state index in [0.717, 1.165) is 0 Å². The Balaban J connectivity index is 1.91. The van der Waals surface area contributed by atoms with Gasteiger partial charge in [0.25, 0.3) is 5.91 Å². The van der Waals surface area contributed by atoms with Gasteiger partial charge in [-0.25, -0.2) is 10.4 Å². The second kappa shape index (κ2) is 8.42. The summed E-state index contributed by atoms with van der Waals surface area (Å²) in [5, 5.41) is 7.17. The largest absolute Gasteiger partial charge is 0.310 e. The number of hydrogen-bond donors (Lipinski definition) is 2. The highest BCUT2D eigenvalue weighted by Gasteiger charge is 2.11. The summed E-state index contributed by atoms with van der Waals surface area (Å²) in [4.78, 5) is 27.8. The summed E-state index contributed by atoms with van der Waals surface area (Å²) in [6.07, 6.45) is 1.60. The van der Waals surface area contributed by atoms with E-state index >= 15 is 0 Å². The second-order valence-electron chi connectivity index (χ2n) is 4.85. The predicted molar refractivity (Wildman–Crippen MR) is 94.5 cm³/mol. The summed E-state index contributed by atoms with van der Waals surface area (Å²) >= 11 is 11.7. The van der Waals surface area contributed by atoms with Crippen molar-refractivity contribution in [2.24, 2.45) is 5.10 Å². The molecule has 0 atom stereocenters. The maximum Gasteiger partial charge on any atom is 0.272 e. The van der Waals surface area contributed by atoms with Crippen molar-refractivity contribution in [3.8, 4) is 0 Å². The second-order valence-corrected chi connectivity index (χ2v) is 5.70. The minimum Gasteiger partial charge on any atom is -0.310 e. The van der Waals surface area contributed by atoms with Crippen LogP contribution in [0.25, 0.3) is 0 Å². The van der Waals surface area contributed by atoms with Crippen LogP contribution in [-0.2, 0) is 4.79 Å². The molecule has 0 spiro atoms. The van der Waals surface area contributed by atoms with Gasteiger partial charge >= 0.3 is 0 Å². The Morgan fingerprint density at radius 2 is 2.00 bits per heavy atom. The lowest BCUT2D eigenvalue weighted by Gasteiger charge is -2.05. The van der Waals surface area contributed by atoms with Gasteiger partial charge in [-0.05, 0) is 37.3 Å². The van der Waals surface area contributed by atoms with E-state index in [1.165, 1.54) is 12.1 Å². The first-order valence-electron chi connectivity index (χ1n) is 6.95. The first-order chi connectivity index (χ1) is 11.5. The molecule has 0 saturated carbocycles. The summed E-state index contributed by atoms with van der Waals surface area (Å²) < 4.78 is 0. The third-order valence-corrected chi connectivity index (χ3v) is 3.42. The van der Waals surface area contributed by atoms with Crippen LogP contribution < -0.4 is 10.7 Å². The number of carbonyl (C=O) groups is 2. The zero-order valence-corrected chi connectivity index (χ0v) is 14.2. The smallest absolute Gasteiger partial charge is 0.272 e. The fourth-order valence-electron chi connectivity index (χ4n) is 1.78. The van der Waals surface area contributed by atoms with Crippen molar-refractivity contribution in [3.63, 3.8) is 0 Å². The number of aromatic nitrogens is 1. The standard InChI is InChI=1S/C16H14Cl2N4O2/c1-10(8-15(23)20-14-4-2-3-7-19-14)21-22-16(24)12-6-5-11(17)9-13(12)18/h2-7,9H,8H2,1H3,(H,22,24)(H,19,20,23). The van der Waals surface area contributed by atoms with Crippen LogP contribution in [0, 0.1) is 0 Å². The fraction of sp³-hybridized carbons (Fsp3) is 0.125. The number of carbonyl (C=O) groups excluding carboxylic acids is 2. The maximum absolute atomic E-state index is 12.0. The van der Waals surface area contributed by atoms with Crippen molar-refractivity contribution in [1.29, 1.82) is 0 Å². The van der Waals surface area contributed by atoms with Crippen molar-refractivity contribution >= 4 is 46.5 Å². The Kier molecular flexibility index (Phi) is 6.28. The number of pyridine rings is 1. The molecule has 6 nitrogen and oxygen atoms in total. The number of nitrogens with zero attached hydrogens (tertiary/aromatic N) is 2. The van der Waals surface area contributed by atoms with E-state index in [9.17, 15) is 9.59 Å². The van der Waals surface area contributed by atoms with E-state index < -0.39 is 5.91 Å². The van der Waals surface area contributed by atoms with Crippen molar-refractivity contribution in [2.45, 2.75) is 13.3 Å². The van der Waals surface area contributed by atoms with Crippen molar-refractivity contribution in [1.82, 2.24) is 10.4 Å². The van der Waals surface area contributed by atoms with Crippen LogP contribution in [0.4, 0.5) is 5.82 Å². The lowest BCUT2D eigenvalue weighted by atomic mass is 10.2. The average Bonchev–Trinajstić information content (AvgIpc) is 2.53. The molecule has 0 saturated heterocycles. The molecule has 1 aromatic heterocycles. The third-order valence-electron chi connectivity index (χ3n) is 2.87. The van der Waals surface area contributed by atoms with Gasteiger partial charge in [0, 0.05) is 16.9 Å². The first-order valence-corrected chi connectivity index (χ1v) is 7.70. The molecule has 0 aliphatic carbocycles. The molecule has 124 valence electrons. The molecule has 2 N–H and O–H groups in total. The van der Waals surface area contributed by atoms with Crippen LogP contribution >= 0.6 is 23.2 Å². The first kappa shape index (κ1) is 17.9. The van der Waals surface area contributed by atoms with Crippen molar-refractivity contribution < 1.29 is 9.59 Å². The van der Waals surface area contributed by atoms with E-state index in [1.807, 2.05) is 0 Å². The monoisotopic (exact) mass is 364 g/mol. The number of halogens is 2. The van der Waals surface area contributed by atoms with Crippen LogP contribution in [0.1, 0.15) is 23.7 Å². The molecule has 8 heteroatoms. The van der Waals surface area contributed by atoms with E-state index in [1.54, 1.807) is 37.4 Å². The molecule has 0 fully saturated rings. The number of hydrogen-bond acceptors (Lipinski definition) is 4. The van der Waals surface area contributed by atoms with Crippen LogP contribution in [0.2, 0.25) is 10.0 Å². The molecule has 2 aromatic rings. The Bertz CT molecular complexity index is 779. The molecular formula is C16H14Cl2N4O2. The normalized spacial score (nSPS) is 11.0. The summed E-state index contributed by atoms with van der Waals surface area (Å²) in [5.41, 5.74) is 3.03. The number of nitrogens with one attached hydrogen (secondary N) is 2. The summed E-state index contributed by atoms with van der Waals surface area (Å²) in [6, 6.07) is 9.71. The number of amides is 2. The SMILES string of the molecule is CC(CC(=O)Nc1ccccn1)=NNC(=O)c1ccc(Cl)cc1Cl.